The van der Waals surface area contributed by atoms with E-state index in [2.05, 4.69) is 20.5 Å². The average molecular weight is 400 g/mol. The number of hydrogen-bond acceptors (Lipinski definition) is 4. The predicted octanol–water partition coefficient (Wildman–Crippen LogP) is 3.80. The van der Waals surface area contributed by atoms with Crippen molar-refractivity contribution in [1.29, 1.82) is 0 Å². The number of nitrogens with zero attached hydrogens (tertiary/aromatic N) is 2. The molecule has 2 aromatic heterocycles. The summed E-state index contributed by atoms with van der Waals surface area (Å²) in [6, 6.07) is 17.3. The number of pyridine rings is 1. The van der Waals surface area contributed by atoms with Crippen LogP contribution in [-0.4, -0.2) is 32.2 Å². The van der Waals surface area contributed by atoms with Crippen molar-refractivity contribution in [2.45, 2.75) is 19.9 Å². The van der Waals surface area contributed by atoms with Crippen LogP contribution < -0.4 is 5.32 Å². The van der Waals surface area contributed by atoms with Crippen LogP contribution in [0, 0.1) is 13.8 Å². The highest BCUT2D eigenvalue weighted by atomic mass is 16.4. The molecule has 2 heterocycles. The van der Waals surface area contributed by atoms with E-state index in [0.717, 1.165) is 5.56 Å². The zero-order valence-electron chi connectivity index (χ0n) is 16.5. The minimum Gasteiger partial charge on any atom is -0.479 e. The van der Waals surface area contributed by atoms with E-state index in [4.69, 9.17) is 0 Å². The van der Waals surface area contributed by atoms with Gasteiger partial charge in [-0.1, -0.05) is 48.5 Å². The van der Waals surface area contributed by atoms with Gasteiger partial charge in [-0.3, -0.25) is 9.89 Å². The predicted molar refractivity (Wildman–Crippen MR) is 113 cm³/mol. The fourth-order valence-corrected chi connectivity index (χ4v) is 3.57. The molecule has 1 atom stereocenters. The first kappa shape index (κ1) is 19.3. The van der Waals surface area contributed by atoms with Crippen LogP contribution in [0.1, 0.15) is 33.4 Å². The zero-order chi connectivity index (χ0) is 21.3. The molecule has 7 nitrogen and oxygen atoms in total. The molecule has 3 N–H and O–H groups in total. The summed E-state index contributed by atoms with van der Waals surface area (Å²) in [5, 5.41) is 19.9. The van der Waals surface area contributed by atoms with Crippen LogP contribution in [-0.2, 0) is 4.79 Å². The van der Waals surface area contributed by atoms with Crippen LogP contribution in [0.5, 0.6) is 0 Å². The van der Waals surface area contributed by atoms with E-state index in [-0.39, 0.29) is 0 Å². The highest BCUT2D eigenvalue weighted by Gasteiger charge is 2.28. The lowest BCUT2D eigenvalue weighted by Gasteiger charge is -2.16. The van der Waals surface area contributed by atoms with Gasteiger partial charge in [-0.15, -0.1) is 0 Å². The van der Waals surface area contributed by atoms with Crippen LogP contribution in [0.25, 0.3) is 22.2 Å². The first-order chi connectivity index (χ1) is 14.5. The van der Waals surface area contributed by atoms with Crippen LogP contribution >= 0.6 is 0 Å². The summed E-state index contributed by atoms with van der Waals surface area (Å²) in [4.78, 5) is 29.9. The van der Waals surface area contributed by atoms with E-state index in [1.165, 1.54) is 0 Å². The van der Waals surface area contributed by atoms with Crippen LogP contribution in [0.2, 0.25) is 0 Å². The third-order valence-electron chi connectivity index (χ3n) is 5.03. The molecule has 0 fully saturated rings. The summed E-state index contributed by atoms with van der Waals surface area (Å²) in [7, 11) is 0. The number of carbonyl (C=O) groups is 2. The third-order valence-corrected chi connectivity index (χ3v) is 5.03. The Hall–Kier alpha value is -4.00. The van der Waals surface area contributed by atoms with Crippen molar-refractivity contribution < 1.29 is 14.7 Å². The van der Waals surface area contributed by atoms with Crippen LogP contribution in [0.3, 0.4) is 0 Å². The molecule has 0 aliphatic rings. The maximum Gasteiger partial charge on any atom is 0.331 e. The average Bonchev–Trinajstić information content (AvgIpc) is 3.09. The number of carboxylic acid groups (broad SMARTS) is 1. The van der Waals surface area contributed by atoms with Crippen molar-refractivity contribution in [3.05, 3.63) is 83.2 Å². The van der Waals surface area contributed by atoms with E-state index in [1.54, 1.807) is 26.0 Å². The summed E-state index contributed by atoms with van der Waals surface area (Å²) < 4.78 is 0. The quantitative estimate of drug-likeness (QED) is 0.472. The van der Waals surface area contributed by atoms with Gasteiger partial charge in [0.25, 0.3) is 5.91 Å². The van der Waals surface area contributed by atoms with Crippen molar-refractivity contribution in [2.24, 2.45) is 0 Å². The Bertz CT molecular complexity index is 1230. The number of carboxylic acids is 1. The number of hydrogen-bond donors (Lipinski definition) is 3. The maximum atomic E-state index is 13.2. The molecular weight excluding hydrogens is 380 g/mol. The molecule has 0 saturated heterocycles. The van der Waals surface area contributed by atoms with Crippen molar-refractivity contribution >= 4 is 22.8 Å². The molecule has 0 bridgehead atoms. The Balaban J connectivity index is 1.80. The molecule has 1 amide bonds. The fourth-order valence-electron chi connectivity index (χ4n) is 3.57. The Morgan fingerprint density at radius 1 is 1.03 bits per heavy atom. The molecule has 0 unspecified atom stereocenters. The Morgan fingerprint density at radius 3 is 2.40 bits per heavy atom. The van der Waals surface area contributed by atoms with Crippen molar-refractivity contribution in [3.63, 3.8) is 0 Å². The second kappa shape index (κ2) is 7.79. The summed E-state index contributed by atoms with van der Waals surface area (Å²) in [6.07, 6.45) is 0. The standard InChI is InChI=1S/C23H20N4O3/c1-13-20(14(2)27-26-13)21(23(29)30)25-22(28)17-12-19(15-8-4-3-5-9-15)24-18-11-7-6-10-16(17)18/h3-12,21H,1-2H3,(H,25,28)(H,26,27)(H,29,30)/t21-/m0/s1. The van der Waals surface area contributed by atoms with Gasteiger partial charge < -0.3 is 10.4 Å². The summed E-state index contributed by atoms with van der Waals surface area (Å²) >= 11 is 0. The van der Waals surface area contributed by atoms with Gasteiger partial charge in [0.05, 0.1) is 22.5 Å². The number of para-hydroxylation sites is 1. The highest BCUT2D eigenvalue weighted by Crippen LogP contribution is 2.26. The van der Waals surface area contributed by atoms with Crippen molar-refractivity contribution in [3.8, 4) is 11.3 Å². The molecule has 0 aliphatic carbocycles. The van der Waals surface area contributed by atoms with Crippen molar-refractivity contribution in [1.82, 2.24) is 20.5 Å². The van der Waals surface area contributed by atoms with Gasteiger partial charge >= 0.3 is 5.97 Å². The number of carbonyl (C=O) groups excluding carboxylic acids is 1. The van der Waals surface area contributed by atoms with E-state index in [1.807, 2.05) is 48.5 Å². The number of nitrogens with one attached hydrogen (secondary N) is 2. The second-order valence-corrected chi connectivity index (χ2v) is 7.03. The second-order valence-electron chi connectivity index (χ2n) is 7.03. The smallest absolute Gasteiger partial charge is 0.331 e. The minimum atomic E-state index is -1.22. The SMILES string of the molecule is Cc1n[nH]c(C)c1[C@H](NC(=O)c1cc(-c2ccccc2)nc2ccccc12)C(=O)O. The van der Waals surface area contributed by atoms with Gasteiger partial charge in [0, 0.05) is 22.2 Å². The normalized spacial score (nSPS) is 11.9. The number of aliphatic carboxylic acids is 1. The molecule has 0 aliphatic heterocycles. The van der Waals surface area contributed by atoms with Crippen molar-refractivity contribution in [2.75, 3.05) is 0 Å². The van der Waals surface area contributed by atoms with Gasteiger partial charge in [0.2, 0.25) is 0 Å². The first-order valence-corrected chi connectivity index (χ1v) is 9.46. The third kappa shape index (κ3) is 3.53. The van der Waals surface area contributed by atoms with Gasteiger partial charge in [-0.25, -0.2) is 9.78 Å². The highest BCUT2D eigenvalue weighted by molar-refractivity contribution is 6.08. The number of H-pyrrole nitrogens is 1. The van der Waals surface area contributed by atoms with Crippen LogP contribution in [0.4, 0.5) is 0 Å². The summed E-state index contributed by atoms with van der Waals surface area (Å²) in [5.41, 5.74) is 4.12. The lowest BCUT2D eigenvalue weighted by atomic mass is 10.0. The summed E-state index contributed by atoms with van der Waals surface area (Å²) in [5.74, 6) is -1.64. The molecule has 150 valence electrons. The van der Waals surface area contributed by atoms with E-state index in [0.29, 0.717) is 39.1 Å². The zero-order valence-corrected chi connectivity index (χ0v) is 16.5. The molecular formula is C23H20N4O3. The molecule has 0 spiro atoms. The first-order valence-electron chi connectivity index (χ1n) is 9.46. The molecule has 0 saturated carbocycles. The Kier molecular flexibility index (Phi) is 5.02. The maximum absolute atomic E-state index is 13.2. The Labute approximate surface area is 172 Å². The number of benzene rings is 2. The summed E-state index contributed by atoms with van der Waals surface area (Å²) in [6.45, 7) is 3.43. The van der Waals surface area contributed by atoms with Gasteiger partial charge in [-0.05, 0) is 26.0 Å². The monoisotopic (exact) mass is 400 g/mol. The molecule has 2 aromatic carbocycles. The lowest BCUT2D eigenvalue weighted by Crippen LogP contribution is -2.34. The van der Waals surface area contributed by atoms with E-state index >= 15 is 0 Å². The largest absolute Gasteiger partial charge is 0.479 e. The van der Waals surface area contributed by atoms with Gasteiger partial charge in [0.1, 0.15) is 0 Å². The number of rotatable bonds is 5. The topological polar surface area (TPSA) is 108 Å². The molecule has 4 rings (SSSR count). The fraction of sp³-hybridized carbons (Fsp3) is 0.130. The van der Waals surface area contributed by atoms with Gasteiger partial charge in [0.15, 0.2) is 6.04 Å². The number of aromatic amines is 1. The van der Waals surface area contributed by atoms with E-state index < -0.39 is 17.9 Å². The number of amides is 1. The number of aromatic nitrogens is 3. The number of fused-ring (bicyclic) bond motifs is 1. The van der Waals surface area contributed by atoms with E-state index in [9.17, 15) is 14.7 Å². The molecule has 7 heteroatoms. The molecule has 4 aromatic rings. The Morgan fingerprint density at radius 2 is 1.73 bits per heavy atom. The lowest BCUT2D eigenvalue weighted by molar-refractivity contribution is -0.139. The number of aryl methyl sites for hydroxylation is 2. The van der Waals surface area contributed by atoms with Crippen LogP contribution in [0.15, 0.2) is 60.7 Å². The molecule has 0 radical (unpaired) electrons. The van der Waals surface area contributed by atoms with Gasteiger partial charge in [-0.2, -0.15) is 5.10 Å². The molecule has 30 heavy (non-hydrogen) atoms. The minimum absolute atomic E-state index is 0.365.